The lowest BCUT2D eigenvalue weighted by Gasteiger charge is -2.14. The SMILES string of the molecule is CCCN1C(=O)/C(=C\c2cc(I)c(OCc3ccccc3C#N)c(OC)c2)SC1=S. The van der Waals surface area contributed by atoms with Crippen LogP contribution in [-0.4, -0.2) is 28.8 Å². The number of thiocarbonyl (C=S) groups is 1. The number of methoxy groups -OCH3 is 1. The molecule has 1 aliphatic heterocycles. The average molecular weight is 550 g/mol. The molecule has 30 heavy (non-hydrogen) atoms. The van der Waals surface area contributed by atoms with Crippen LogP contribution in [0.5, 0.6) is 11.5 Å². The number of hydrogen-bond acceptors (Lipinski definition) is 6. The molecule has 0 aromatic heterocycles. The quantitative estimate of drug-likeness (QED) is 0.263. The van der Waals surface area contributed by atoms with Gasteiger partial charge in [-0.1, -0.05) is 49.1 Å². The van der Waals surface area contributed by atoms with E-state index in [0.717, 1.165) is 21.1 Å². The van der Waals surface area contributed by atoms with Crippen molar-refractivity contribution in [3.8, 4) is 17.6 Å². The van der Waals surface area contributed by atoms with Crippen molar-refractivity contribution in [1.82, 2.24) is 4.90 Å². The molecule has 1 aliphatic rings. The number of rotatable bonds is 7. The number of hydrogen-bond donors (Lipinski definition) is 0. The molecule has 8 heteroatoms. The lowest BCUT2D eigenvalue weighted by Crippen LogP contribution is -2.28. The fourth-order valence-electron chi connectivity index (χ4n) is 2.94. The van der Waals surface area contributed by atoms with Crippen molar-refractivity contribution in [3.05, 3.63) is 61.6 Å². The summed E-state index contributed by atoms with van der Waals surface area (Å²) < 4.78 is 13.0. The van der Waals surface area contributed by atoms with Crippen LogP contribution >= 0.6 is 46.6 Å². The van der Waals surface area contributed by atoms with Gasteiger partial charge in [0.2, 0.25) is 0 Å². The number of carbonyl (C=O) groups excluding carboxylic acids is 1. The molecule has 0 bridgehead atoms. The topological polar surface area (TPSA) is 62.6 Å². The zero-order valence-corrected chi connectivity index (χ0v) is 20.3. The lowest BCUT2D eigenvalue weighted by atomic mass is 10.1. The Labute approximate surface area is 199 Å². The molecular formula is C22H19IN2O3S2. The molecule has 0 N–H and O–H groups in total. The third kappa shape index (κ3) is 4.96. The van der Waals surface area contributed by atoms with Crippen molar-refractivity contribution in [2.24, 2.45) is 0 Å². The van der Waals surface area contributed by atoms with Crippen LogP contribution in [0.3, 0.4) is 0 Å². The molecule has 1 amide bonds. The fraction of sp³-hybridized carbons (Fsp3) is 0.227. The average Bonchev–Trinajstić information content (AvgIpc) is 3.00. The summed E-state index contributed by atoms with van der Waals surface area (Å²) in [6, 6.07) is 13.3. The van der Waals surface area contributed by atoms with E-state index in [-0.39, 0.29) is 12.5 Å². The second kappa shape index (κ2) is 10.3. The maximum absolute atomic E-state index is 12.6. The number of benzene rings is 2. The Morgan fingerprint density at radius 2 is 2.10 bits per heavy atom. The van der Waals surface area contributed by atoms with E-state index >= 15 is 0 Å². The monoisotopic (exact) mass is 550 g/mol. The highest BCUT2D eigenvalue weighted by molar-refractivity contribution is 14.1. The molecule has 0 atom stereocenters. The third-order valence-electron chi connectivity index (χ3n) is 4.38. The lowest BCUT2D eigenvalue weighted by molar-refractivity contribution is -0.122. The van der Waals surface area contributed by atoms with Gasteiger partial charge < -0.3 is 9.47 Å². The van der Waals surface area contributed by atoms with E-state index in [1.165, 1.54) is 11.8 Å². The van der Waals surface area contributed by atoms with Crippen LogP contribution in [0, 0.1) is 14.9 Å². The van der Waals surface area contributed by atoms with E-state index in [9.17, 15) is 10.1 Å². The number of ether oxygens (including phenoxy) is 2. The highest BCUT2D eigenvalue weighted by Gasteiger charge is 2.31. The summed E-state index contributed by atoms with van der Waals surface area (Å²) in [5.41, 5.74) is 2.22. The molecular weight excluding hydrogens is 531 g/mol. The molecule has 1 heterocycles. The Balaban J connectivity index is 1.85. The van der Waals surface area contributed by atoms with Gasteiger partial charge in [0.05, 0.1) is 27.2 Å². The van der Waals surface area contributed by atoms with Crippen molar-refractivity contribution >= 4 is 62.9 Å². The molecule has 2 aromatic carbocycles. The van der Waals surface area contributed by atoms with Crippen LogP contribution < -0.4 is 9.47 Å². The van der Waals surface area contributed by atoms with Gasteiger partial charge in [0.1, 0.15) is 10.9 Å². The maximum atomic E-state index is 12.6. The predicted molar refractivity (Wildman–Crippen MR) is 131 cm³/mol. The van der Waals surface area contributed by atoms with E-state index in [1.807, 2.05) is 43.3 Å². The molecule has 154 valence electrons. The van der Waals surface area contributed by atoms with Gasteiger partial charge in [0.15, 0.2) is 11.5 Å². The first-order chi connectivity index (χ1) is 14.5. The van der Waals surface area contributed by atoms with Gasteiger partial charge in [-0.3, -0.25) is 9.69 Å². The molecule has 0 saturated carbocycles. The number of thioether (sulfide) groups is 1. The molecule has 1 saturated heterocycles. The standard InChI is InChI=1S/C22H19IN2O3S2/c1-3-8-25-21(26)19(30-22(25)29)11-14-9-17(23)20(18(10-14)27-2)28-13-16-7-5-4-6-15(16)12-24/h4-7,9-11H,3,8,13H2,1-2H3/b19-11+. The van der Waals surface area contributed by atoms with Crippen LogP contribution in [0.25, 0.3) is 6.08 Å². The zero-order valence-electron chi connectivity index (χ0n) is 16.5. The van der Waals surface area contributed by atoms with Crippen LogP contribution in [-0.2, 0) is 11.4 Å². The highest BCUT2D eigenvalue weighted by Crippen LogP contribution is 2.37. The third-order valence-corrected chi connectivity index (χ3v) is 6.56. The van der Waals surface area contributed by atoms with Crippen LogP contribution in [0.2, 0.25) is 0 Å². The van der Waals surface area contributed by atoms with E-state index in [0.29, 0.717) is 32.8 Å². The van der Waals surface area contributed by atoms with E-state index < -0.39 is 0 Å². The summed E-state index contributed by atoms with van der Waals surface area (Å²) in [6.45, 7) is 2.90. The second-order valence-corrected chi connectivity index (χ2v) is 9.26. The van der Waals surface area contributed by atoms with E-state index in [1.54, 1.807) is 18.1 Å². The number of nitrogens with zero attached hydrogens (tertiary/aromatic N) is 2. The predicted octanol–water partition coefficient (Wildman–Crippen LogP) is 5.36. The minimum atomic E-state index is -0.0609. The first-order valence-electron chi connectivity index (χ1n) is 9.22. The van der Waals surface area contributed by atoms with Crippen molar-refractivity contribution in [1.29, 1.82) is 5.26 Å². The Hall–Kier alpha value is -2.09. The van der Waals surface area contributed by atoms with Crippen molar-refractivity contribution in [3.63, 3.8) is 0 Å². The molecule has 5 nitrogen and oxygen atoms in total. The number of halogens is 1. The van der Waals surface area contributed by atoms with Gasteiger partial charge in [0, 0.05) is 12.1 Å². The summed E-state index contributed by atoms with van der Waals surface area (Å²) >= 11 is 8.83. The second-order valence-electron chi connectivity index (χ2n) is 6.43. The molecule has 2 aromatic rings. The van der Waals surface area contributed by atoms with Crippen molar-refractivity contribution < 1.29 is 14.3 Å². The first-order valence-corrected chi connectivity index (χ1v) is 11.5. The fourth-order valence-corrected chi connectivity index (χ4v) is 5.03. The van der Waals surface area contributed by atoms with Crippen LogP contribution in [0.15, 0.2) is 41.3 Å². The highest BCUT2D eigenvalue weighted by atomic mass is 127. The summed E-state index contributed by atoms with van der Waals surface area (Å²) in [5.74, 6) is 1.10. The Morgan fingerprint density at radius 3 is 2.80 bits per heavy atom. The van der Waals surface area contributed by atoms with Gasteiger partial charge in [-0.05, 0) is 58.9 Å². The number of carbonyl (C=O) groups is 1. The van der Waals surface area contributed by atoms with Crippen molar-refractivity contribution in [2.45, 2.75) is 20.0 Å². The largest absolute Gasteiger partial charge is 0.493 e. The van der Waals surface area contributed by atoms with Gasteiger partial charge in [-0.15, -0.1) is 0 Å². The Bertz CT molecular complexity index is 1060. The van der Waals surface area contributed by atoms with E-state index in [2.05, 4.69) is 28.7 Å². The molecule has 0 aliphatic carbocycles. The smallest absolute Gasteiger partial charge is 0.266 e. The van der Waals surface area contributed by atoms with Crippen LogP contribution in [0.1, 0.15) is 30.0 Å². The normalized spacial score (nSPS) is 14.9. The number of amides is 1. The van der Waals surface area contributed by atoms with Crippen molar-refractivity contribution in [2.75, 3.05) is 13.7 Å². The number of nitriles is 1. The van der Waals surface area contributed by atoms with Gasteiger partial charge in [-0.25, -0.2) is 0 Å². The molecule has 0 radical (unpaired) electrons. The first kappa shape index (κ1) is 22.6. The summed E-state index contributed by atoms with van der Waals surface area (Å²) in [7, 11) is 1.58. The zero-order chi connectivity index (χ0) is 21.7. The van der Waals surface area contributed by atoms with E-state index in [4.69, 9.17) is 21.7 Å². The van der Waals surface area contributed by atoms with Gasteiger partial charge in [-0.2, -0.15) is 5.26 Å². The molecule has 3 rings (SSSR count). The maximum Gasteiger partial charge on any atom is 0.266 e. The van der Waals surface area contributed by atoms with Crippen LogP contribution in [0.4, 0.5) is 0 Å². The minimum absolute atomic E-state index is 0.0609. The molecule has 1 fully saturated rings. The van der Waals surface area contributed by atoms with Gasteiger partial charge >= 0.3 is 0 Å². The Kier molecular flexibility index (Phi) is 7.75. The Morgan fingerprint density at radius 1 is 1.33 bits per heavy atom. The minimum Gasteiger partial charge on any atom is -0.493 e. The summed E-state index contributed by atoms with van der Waals surface area (Å²) in [5, 5.41) is 9.26. The molecule has 0 spiro atoms. The van der Waals surface area contributed by atoms with Gasteiger partial charge in [0.25, 0.3) is 5.91 Å². The summed E-state index contributed by atoms with van der Waals surface area (Å²) in [4.78, 5) is 14.8. The summed E-state index contributed by atoms with van der Waals surface area (Å²) in [6.07, 6.45) is 2.68. The molecule has 0 unspecified atom stereocenters.